The van der Waals surface area contributed by atoms with Gasteiger partial charge in [-0.25, -0.2) is 9.97 Å². The van der Waals surface area contributed by atoms with Crippen LogP contribution in [-0.2, 0) is 6.54 Å². The molecule has 0 unspecified atom stereocenters. The number of aromatic nitrogens is 5. The van der Waals surface area contributed by atoms with E-state index in [1.54, 1.807) is 43.8 Å². The molecule has 33 heavy (non-hydrogen) atoms. The summed E-state index contributed by atoms with van der Waals surface area (Å²) in [6, 6.07) is 12.4. The van der Waals surface area contributed by atoms with Crippen LogP contribution in [0, 0.1) is 0 Å². The average Bonchev–Trinajstić information content (AvgIpc) is 3.46. The fraction of sp³-hybridized carbons (Fsp3) is 0.0870. The highest BCUT2D eigenvalue weighted by Crippen LogP contribution is 2.30. The molecule has 0 spiro atoms. The third kappa shape index (κ3) is 4.06. The lowest BCUT2D eigenvalue weighted by Crippen LogP contribution is -2.02. The van der Waals surface area contributed by atoms with Crippen LogP contribution in [0.4, 0.5) is 0 Å². The second-order valence-electron chi connectivity index (χ2n) is 7.13. The van der Waals surface area contributed by atoms with Crippen LogP contribution >= 0.6 is 23.2 Å². The topological polar surface area (TPSA) is 95.9 Å². The Morgan fingerprint density at radius 3 is 2.76 bits per heavy atom. The molecule has 5 rings (SSSR count). The minimum absolute atomic E-state index is 0.134. The van der Waals surface area contributed by atoms with Gasteiger partial charge in [0.05, 0.1) is 12.7 Å². The maximum Gasteiger partial charge on any atom is 0.289 e. The number of nitrogens with zero attached hydrogens (tertiary/aromatic N) is 5. The van der Waals surface area contributed by atoms with Crippen LogP contribution in [0.2, 0.25) is 10.0 Å². The molecule has 0 radical (unpaired) electrons. The van der Waals surface area contributed by atoms with Gasteiger partial charge in [0.1, 0.15) is 17.8 Å². The zero-order valence-electron chi connectivity index (χ0n) is 17.2. The zero-order chi connectivity index (χ0) is 22.9. The van der Waals surface area contributed by atoms with E-state index in [0.717, 1.165) is 11.1 Å². The van der Waals surface area contributed by atoms with E-state index in [1.807, 2.05) is 22.8 Å². The van der Waals surface area contributed by atoms with E-state index in [2.05, 4.69) is 20.2 Å². The second-order valence-corrected chi connectivity index (χ2v) is 7.97. The number of ketones is 1. The minimum atomic E-state index is -0.415. The molecule has 0 amide bonds. The van der Waals surface area contributed by atoms with Gasteiger partial charge < -0.3 is 13.7 Å². The molecule has 3 heterocycles. The van der Waals surface area contributed by atoms with Crippen LogP contribution in [0.5, 0.6) is 5.75 Å². The van der Waals surface area contributed by atoms with Gasteiger partial charge in [-0.05, 0) is 42.0 Å². The van der Waals surface area contributed by atoms with E-state index < -0.39 is 5.78 Å². The van der Waals surface area contributed by atoms with Crippen molar-refractivity contribution in [2.45, 2.75) is 6.54 Å². The van der Waals surface area contributed by atoms with Gasteiger partial charge in [0, 0.05) is 39.9 Å². The molecule has 0 aliphatic heterocycles. The fourth-order valence-electron chi connectivity index (χ4n) is 3.50. The van der Waals surface area contributed by atoms with Gasteiger partial charge in [0.25, 0.3) is 17.6 Å². The Morgan fingerprint density at radius 2 is 2.00 bits per heavy atom. The number of ether oxygens (including phenoxy) is 1. The molecular weight excluding hydrogens is 465 g/mol. The first-order chi connectivity index (χ1) is 16.0. The lowest BCUT2D eigenvalue weighted by Gasteiger charge is -2.08. The molecule has 0 atom stereocenters. The number of carbonyl (C=O) groups is 1. The summed E-state index contributed by atoms with van der Waals surface area (Å²) in [7, 11) is 1.57. The largest absolute Gasteiger partial charge is 0.497 e. The molecule has 0 fully saturated rings. The van der Waals surface area contributed by atoms with Gasteiger partial charge in [0.15, 0.2) is 0 Å². The Bertz CT molecular complexity index is 1480. The molecule has 0 saturated heterocycles. The SMILES string of the molecule is COc1ccc2c(c1)c(C(=O)c1nnc(-c3ccncn3)o1)cn2Cc1ccc(Cl)cc1Cl. The second kappa shape index (κ2) is 8.65. The van der Waals surface area contributed by atoms with E-state index in [-0.39, 0.29) is 11.8 Å². The van der Waals surface area contributed by atoms with Crippen LogP contribution in [-0.4, -0.2) is 37.6 Å². The van der Waals surface area contributed by atoms with E-state index in [1.165, 1.54) is 6.33 Å². The Labute approximate surface area is 197 Å². The third-order valence-electron chi connectivity index (χ3n) is 5.11. The smallest absolute Gasteiger partial charge is 0.289 e. The van der Waals surface area contributed by atoms with Crippen molar-refractivity contribution in [2.75, 3.05) is 7.11 Å². The summed E-state index contributed by atoms with van der Waals surface area (Å²) >= 11 is 12.4. The highest BCUT2D eigenvalue weighted by atomic mass is 35.5. The summed E-state index contributed by atoms with van der Waals surface area (Å²) < 4.78 is 12.9. The Hall–Kier alpha value is -3.75. The van der Waals surface area contributed by atoms with Gasteiger partial charge in [-0.3, -0.25) is 4.79 Å². The van der Waals surface area contributed by atoms with Gasteiger partial charge in [-0.2, -0.15) is 0 Å². The normalized spacial score (nSPS) is 11.1. The van der Waals surface area contributed by atoms with Crippen molar-refractivity contribution < 1.29 is 13.9 Å². The van der Waals surface area contributed by atoms with E-state index in [4.69, 9.17) is 32.4 Å². The number of fused-ring (bicyclic) bond motifs is 1. The molecule has 8 nitrogen and oxygen atoms in total. The molecule has 0 aliphatic rings. The van der Waals surface area contributed by atoms with Gasteiger partial charge >= 0.3 is 0 Å². The molecule has 0 saturated carbocycles. The number of rotatable bonds is 6. The number of hydrogen-bond donors (Lipinski definition) is 0. The quantitative estimate of drug-likeness (QED) is 0.313. The number of halogens is 2. The van der Waals surface area contributed by atoms with Crippen LogP contribution in [0.25, 0.3) is 22.5 Å². The molecule has 5 aromatic rings. The number of hydrogen-bond acceptors (Lipinski definition) is 7. The number of benzene rings is 2. The lowest BCUT2D eigenvalue weighted by atomic mass is 10.1. The minimum Gasteiger partial charge on any atom is -0.497 e. The van der Waals surface area contributed by atoms with Gasteiger partial charge in [0.2, 0.25) is 0 Å². The van der Waals surface area contributed by atoms with Crippen molar-refractivity contribution in [1.82, 2.24) is 24.7 Å². The van der Waals surface area contributed by atoms with E-state index in [9.17, 15) is 4.79 Å². The lowest BCUT2D eigenvalue weighted by molar-refractivity contribution is 0.100. The first-order valence-electron chi connectivity index (χ1n) is 9.79. The predicted molar refractivity (Wildman–Crippen MR) is 123 cm³/mol. The van der Waals surface area contributed by atoms with Crippen LogP contribution in [0.1, 0.15) is 21.8 Å². The molecule has 0 bridgehead atoms. The third-order valence-corrected chi connectivity index (χ3v) is 5.70. The Balaban J connectivity index is 1.57. The van der Waals surface area contributed by atoms with E-state index >= 15 is 0 Å². The average molecular weight is 480 g/mol. The molecule has 0 aliphatic carbocycles. The van der Waals surface area contributed by atoms with Crippen LogP contribution in [0.15, 0.2) is 65.6 Å². The summed E-state index contributed by atoms with van der Waals surface area (Å²) in [5, 5.41) is 9.66. The van der Waals surface area contributed by atoms with Crippen molar-refractivity contribution in [1.29, 1.82) is 0 Å². The standard InChI is InChI=1S/C23H15Cl2N5O3/c1-32-15-4-5-20-16(9-15)17(11-30(20)10-13-2-3-14(24)8-18(13)25)21(31)23-29-28-22(33-23)19-6-7-26-12-27-19/h2-9,11-12H,10H2,1H3. The highest BCUT2D eigenvalue weighted by Gasteiger charge is 2.23. The van der Waals surface area contributed by atoms with Crippen molar-refractivity contribution in [3.8, 4) is 17.3 Å². The number of carbonyl (C=O) groups excluding carboxylic acids is 1. The van der Waals surface area contributed by atoms with Gasteiger partial charge in [-0.15, -0.1) is 10.2 Å². The molecule has 2 aromatic carbocycles. The van der Waals surface area contributed by atoms with Gasteiger partial charge in [-0.1, -0.05) is 29.3 Å². The molecule has 0 N–H and O–H groups in total. The predicted octanol–water partition coefficient (Wildman–Crippen LogP) is 5.08. The van der Waals surface area contributed by atoms with Crippen molar-refractivity contribution in [3.05, 3.63) is 88.2 Å². The first-order valence-corrected chi connectivity index (χ1v) is 10.5. The Kier molecular flexibility index (Phi) is 5.53. The zero-order valence-corrected chi connectivity index (χ0v) is 18.7. The maximum atomic E-state index is 13.4. The van der Waals surface area contributed by atoms with Crippen molar-refractivity contribution in [3.63, 3.8) is 0 Å². The van der Waals surface area contributed by atoms with Crippen LogP contribution < -0.4 is 4.74 Å². The van der Waals surface area contributed by atoms with Crippen LogP contribution in [0.3, 0.4) is 0 Å². The number of methoxy groups -OCH3 is 1. The monoisotopic (exact) mass is 479 g/mol. The highest BCUT2D eigenvalue weighted by molar-refractivity contribution is 6.35. The van der Waals surface area contributed by atoms with Crippen molar-refractivity contribution in [2.24, 2.45) is 0 Å². The van der Waals surface area contributed by atoms with Crippen molar-refractivity contribution >= 4 is 39.9 Å². The summed E-state index contributed by atoms with van der Waals surface area (Å²) in [5.41, 5.74) is 2.50. The molecular formula is C23H15Cl2N5O3. The summed E-state index contributed by atoms with van der Waals surface area (Å²) in [6.45, 7) is 0.433. The molecule has 164 valence electrons. The summed E-state index contributed by atoms with van der Waals surface area (Å²) in [4.78, 5) is 21.3. The molecule has 3 aromatic heterocycles. The first kappa shape index (κ1) is 21.1. The summed E-state index contributed by atoms with van der Waals surface area (Å²) in [6.07, 6.45) is 4.66. The maximum absolute atomic E-state index is 13.4. The Morgan fingerprint density at radius 1 is 1.12 bits per heavy atom. The summed E-state index contributed by atoms with van der Waals surface area (Å²) in [5.74, 6) is 0.193. The van der Waals surface area contributed by atoms with E-state index in [0.29, 0.717) is 39.0 Å². The molecule has 10 heteroatoms. The fourth-order valence-corrected chi connectivity index (χ4v) is 3.97.